The van der Waals surface area contributed by atoms with Crippen LogP contribution in [0.3, 0.4) is 0 Å². The molecule has 4 heteroatoms. The van der Waals surface area contributed by atoms with Crippen LogP contribution in [-0.4, -0.2) is 29.1 Å². The summed E-state index contributed by atoms with van der Waals surface area (Å²) >= 11 is 0. The molecule has 0 bridgehead atoms. The molecule has 0 spiro atoms. The molecule has 70 valence electrons. The molecule has 0 aromatic carbocycles. The summed E-state index contributed by atoms with van der Waals surface area (Å²) in [6, 6.07) is 3.84. The summed E-state index contributed by atoms with van der Waals surface area (Å²) in [5, 5.41) is 11.1. The second-order valence-electron chi connectivity index (χ2n) is 2.68. The highest BCUT2D eigenvalue weighted by atomic mass is 16.4. The van der Waals surface area contributed by atoms with Gasteiger partial charge in [0.15, 0.2) is 0 Å². The van der Waals surface area contributed by atoms with E-state index < -0.39 is 5.97 Å². The third-order valence-electron chi connectivity index (χ3n) is 1.59. The average Bonchev–Trinajstić information content (AvgIpc) is 2.14. The Morgan fingerprint density at radius 3 is 3.08 bits per heavy atom. The average molecular weight is 180 g/mol. The summed E-state index contributed by atoms with van der Waals surface area (Å²) in [6.45, 7) is 0.679. The number of hydrogen-bond donors (Lipinski definition) is 2. The largest absolute Gasteiger partial charge is 0.480 e. The number of rotatable bonds is 5. The first-order valence-electron chi connectivity index (χ1n) is 4.10. The van der Waals surface area contributed by atoms with E-state index in [1.807, 2.05) is 12.1 Å². The molecule has 2 N–H and O–H groups in total. The smallest absolute Gasteiger partial charge is 0.317 e. The zero-order valence-corrected chi connectivity index (χ0v) is 7.23. The van der Waals surface area contributed by atoms with Crippen LogP contribution in [-0.2, 0) is 11.2 Å². The highest BCUT2D eigenvalue weighted by molar-refractivity contribution is 5.68. The van der Waals surface area contributed by atoms with Crippen molar-refractivity contribution >= 4 is 5.97 Å². The summed E-state index contributed by atoms with van der Waals surface area (Å²) < 4.78 is 0. The van der Waals surface area contributed by atoms with Crippen LogP contribution in [0.1, 0.15) is 5.56 Å². The van der Waals surface area contributed by atoms with Crippen LogP contribution < -0.4 is 5.32 Å². The van der Waals surface area contributed by atoms with Gasteiger partial charge < -0.3 is 10.4 Å². The third-order valence-corrected chi connectivity index (χ3v) is 1.59. The maximum absolute atomic E-state index is 10.1. The highest BCUT2D eigenvalue weighted by Crippen LogP contribution is 1.94. The molecule has 13 heavy (non-hydrogen) atoms. The van der Waals surface area contributed by atoms with Gasteiger partial charge in [0.1, 0.15) is 0 Å². The zero-order valence-electron chi connectivity index (χ0n) is 7.23. The van der Waals surface area contributed by atoms with Crippen molar-refractivity contribution in [1.82, 2.24) is 10.3 Å². The monoisotopic (exact) mass is 180 g/mol. The second-order valence-corrected chi connectivity index (χ2v) is 2.68. The number of nitrogens with zero attached hydrogens (tertiary/aromatic N) is 1. The van der Waals surface area contributed by atoms with Gasteiger partial charge in [-0.05, 0) is 24.6 Å². The zero-order chi connectivity index (χ0) is 9.52. The number of hydrogen-bond acceptors (Lipinski definition) is 3. The Hall–Kier alpha value is -1.42. The van der Waals surface area contributed by atoms with Gasteiger partial charge in [0.25, 0.3) is 0 Å². The van der Waals surface area contributed by atoms with Crippen molar-refractivity contribution in [3.05, 3.63) is 30.1 Å². The topological polar surface area (TPSA) is 62.2 Å². The number of carboxylic acids is 1. The summed E-state index contributed by atoms with van der Waals surface area (Å²) in [4.78, 5) is 14.1. The van der Waals surface area contributed by atoms with Gasteiger partial charge in [0.2, 0.25) is 0 Å². The molecule has 0 saturated heterocycles. The lowest BCUT2D eigenvalue weighted by atomic mass is 10.2. The van der Waals surface area contributed by atoms with Crippen LogP contribution in [0.25, 0.3) is 0 Å². The molecule has 0 fully saturated rings. The van der Waals surface area contributed by atoms with E-state index in [0.29, 0.717) is 6.54 Å². The predicted molar refractivity (Wildman–Crippen MR) is 48.4 cm³/mol. The molecular formula is C9H12N2O2. The van der Waals surface area contributed by atoms with Gasteiger partial charge in [-0.25, -0.2) is 0 Å². The Labute approximate surface area is 76.6 Å². The Morgan fingerprint density at radius 1 is 1.62 bits per heavy atom. The number of carbonyl (C=O) groups is 1. The summed E-state index contributed by atoms with van der Waals surface area (Å²) in [7, 11) is 0. The van der Waals surface area contributed by atoms with Gasteiger partial charge in [0.05, 0.1) is 6.54 Å². The Kier molecular flexibility index (Phi) is 3.92. The first kappa shape index (κ1) is 9.67. The molecule has 0 radical (unpaired) electrons. The summed E-state index contributed by atoms with van der Waals surface area (Å²) in [6.07, 6.45) is 4.30. The minimum absolute atomic E-state index is 0.0141. The molecular weight excluding hydrogens is 168 g/mol. The molecule has 1 heterocycles. The number of nitrogens with one attached hydrogen (secondary N) is 1. The normalized spacial score (nSPS) is 9.85. The van der Waals surface area contributed by atoms with Crippen molar-refractivity contribution < 1.29 is 9.90 Å². The van der Waals surface area contributed by atoms with Gasteiger partial charge in [-0.3, -0.25) is 9.78 Å². The van der Waals surface area contributed by atoms with Crippen LogP contribution in [0.15, 0.2) is 24.5 Å². The van der Waals surface area contributed by atoms with Crippen LogP contribution in [0.2, 0.25) is 0 Å². The van der Waals surface area contributed by atoms with E-state index in [1.54, 1.807) is 12.4 Å². The lowest BCUT2D eigenvalue weighted by Crippen LogP contribution is -2.24. The maximum atomic E-state index is 10.1. The first-order chi connectivity index (χ1) is 6.29. The molecule has 1 aromatic heterocycles. The van der Waals surface area contributed by atoms with Crippen LogP contribution in [0.4, 0.5) is 0 Å². The molecule has 0 aliphatic heterocycles. The molecule has 4 nitrogen and oxygen atoms in total. The molecule has 0 amide bonds. The van der Waals surface area contributed by atoms with E-state index in [4.69, 9.17) is 5.11 Å². The fourth-order valence-electron chi connectivity index (χ4n) is 0.974. The van der Waals surface area contributed by atoms with Crippen molar-refractivity contribution in [2.24, 2.45) is 0 Å². The van der Waals surface area contributed by atoms with Crippen molar-refractivity contribution in [3.63, 3.8) is 0 Å². The van der Waals surface area contributed by atoms with Gasteiger partial charge in [0, 0.05) is 12.4 Å². The van der Waals surface area contributed by atoms with Gasteiger partial charge in [-0.2, -0.15) is 0 Å². The Balaban J connectivity index is 2.17. The van der Waals surface area contributed by atoms with E-state index in [-0.39, 0.29) is 6.54 Å². The highest BCUT2D eigenvalue weighted by Gasteiger charge is 1.95. The van der Waals surface area contributed by atoms with E-state index in [9.17, 15) is 4.79 Å². The molecule has 0 aliphatic carbocycles. The van der Waals surface area contributed by atoms with E-state index in [0.717, 1.165) is 12.0 Å². The lowest BCUT2D eigenvalue weighted by Gasteiger charge is -2.00. The summed E-state index contributed by atoms with van der Waals surface area (Å²) in [5.41, 5.74) is 1.11. The molecule has 0 unspecified atom stereocenters. The molecule has 0 aliphatic rings. The van der Waals surface area contributed by atoms with Gasteiger partial charge in [-0.1, -0.05) is 6.07 Å². The third kappa shape index (κ3) is 4.22. The number of carboxylic acid groups (broad SMARTS) is 1. The van der Waals surface area contributed by atoms with Crippen molar-refractivity contribution in [1.29, 1.82) is 0 Å². The fourth-order valence-corrected chi connectivity index (χ4v) is 0.974. The quantitative estimate of drug-likeness (QED) is 0.640. The van der Waals surface area contributed by atoms with Crippen molar-refractivity contribution in [2.45, 2.75) is 6.42 Å². The van der Waals surface area contributed by atoms with E-state index >= 15 is 0 Å². The second kappa shape index (κ2) is 5.27. The molecule has 0 saturated carbocycles. The Morgan fingerprint density at radius 2 is 2.46 bits per heavy atom. The number of pyridine rings is 1. The minimum atomic E-state index is -0.828. The van der Waals surface area contributed by atoms with Crippen LogP contribution in [0, 0.1) is 0 Å². The maximum Gasteiger partial charge on any atom is 0.317 e. The number of aromatic nitrogens is 1. The SMILES string of the molecule is O=C(O)CNCCc1cccnc1. The predicted octanol–water partition coefficient (Wildman–Crippen LogP) is 0.298. The van der Waals surface area contributed by atoms with E-state index in [1.165, 1.54) is 0 Å². The van der Waals surface area contributed by atoms with Crippen molar-refractivity contribution in [3.8, 4) is 0 Å². The standard InChI is InChI=1S/C9H12N2O2/c12-9(13)7-11-5-3-8-2-1-4-10-6-8/h1-2,4,6,11H,3,5,7H2,(H,12,13). The van der Waals surface area contributed by atoms with Crippen molar-refractivity contribution in [2.75, 3.05) is 13.1 Å². The number of aliphatic carboxylic acids is 1. The van der Waals surface area contributed by atoms with Crippen LogP contribution in [0.5, 0.6) is 0 Å². The minimum Gasteiger partial charge on any atom is -0.480 e. The van der Waals surface area contributed by atoms with Gasteiger partial charge >= 0.3 is 5.97 Å². The molecule has 1 rings (SSSR count). The first-order valence-corrected chi connectivity index (χ1v) is 4.10. The fraction of sp³-hybridized carbons (Fsp3) is 0.333. The Bertz CT molecular complexity index is 262. The lowest BCUT2D eigenvalue weighted by molar-refractivity contribution is -0.135. The summed E-state index contributed by atoms with van der Waals surface area (Å²) in [5.74, 6) is -0.828. The van der Waals surface area contributed by atoms with Gasteiger partial charge in [-0.15, -0.1) is 0 Å². The molecule has 1 aromatic rings. The van der Waals surface area contributed by atoms with Crippen LogP contribution >= 0.6 is 0 Å². The van der Waals surface area contributed by atoms with E-state index in [2.05, 4.69) is 10.3 Å². The molecule has 0 atom stereocenters.